The van der Waals surface area contributed by atoms with Crippen molar-refractivity contribution >= 4 is 10.0 Å². The summed E-state index contributed by atoms with van der Waals surface area (Å²) in [6.45, 7) is 5.69. The molecule has 0 spiro atoms. The maximum atomic E-state index is 12.4. The molecule has 1 heterocycles. The number of hydrogen-bond donors (Lipinski definition) is 1. The lowest BCUT2D eigenvalue weighted by Crippen LogP contribution is -2.30. The van der Waals surface area contributed by atoms with Crippen LogP contribution < -0.4 is 4.72 Å². The average molecular weight is 309 g/mol. The van der Waals surface area contributed by atoms with E-state index in [0.29, 0.717) is 18.2 Å². The molecule has 0 bridgehead atoms. The highest BCUT2D eigenvalue weighted by Gasteiger charge is 2.26. The molecule has 6 nitrogen and oxygen atoms in total. The molecule has 21 heavy (non-hydrogen) atoms. The predicted octanol–water partition coefficient (Wildman–Crippen LogP) is 2.44. The van der Waals surface area contributed by atoms with E-state index in [-0.39, 0.29) is 10.8 Å². The number of nitrogens with one attached hydrogen (secondary N) is 1. The van der Waals surface area contributed by atoms with Gasteiger partial charge in [0.2, 0.25) is 21.8 Å². The predicted molar refractivity (Wildman–Crippen MR) is 78.0 cm³/mol. The van der Waals surface area contributed by atoms with Crippen LogP contribution >= 0.6 is 0 Å². The Hall–Kier alpha value is -1.73. The number of aryl methyl sites for hydroxylation is 1. The van der Waals surface area contributed by atoms with Crippen LogP contribution in [0.1, 0.15) is 38.1 Å². The van der Waals surface area contributed by atoms with Crippen molar-refractivity contribution < 1.29 is 12.8 Å². The second-order valence-corrected chi connectivity index (χ2v) is 6.99. The highest BCUT2D eigenvalue weighted by molar-refractivity contribution is 7.89. The summed E-state index contributed by atoms with van der Waals surface area (Å²) in [5.41, 5.74) is 0. The van der Waals surface area contributed by atoms with Crippen molar-refractivity contribution in [3.05, 3.63) is 42.1 Å². The van der Waals surface area contributed by atoms with Gasteiger partial charge in [-0.05, 0) is 24.5 Å². The lowest BCUT2D eigenvalue weighted by Gasteiger charge is -2.17. The van der Waals surface area contributed by atoms with E-state index in [2.05, 4.69) is 14.9 Å². The minimum absolute atomic E-state index is 0.218. The molecule has 0 aliphatic heterocycles. The molecule has 1 unspecified atom stereocenters. The summed E-state index contributed by atoms with van der Waals surface area (Å²) in [5.74, 6) is 0.985. The molecular weight excluding hydrogens is 290 g/mol. The summed E-state index contributed by atoms with van der Waals surface area (Å²) in [7, 11) is -3.62. The number of aromatic nitrogens is 2. The quantitative estimate of drug-likeness (QED) is 0.886. The van der Waals surface area contributed by atoms with Crippen molar-refractivity contribution in [2.45, 2.75) is 38.1 Å². The molecular formula is C14H19N3O3S. The van der Waals surface area contributed by atoms with Crippen LogP contribution in [0.25, 0.3) is 0 Å². The number of sulfonamides is 1. The molecule has 1 N–H and O–H groups in total. The molecule has 1 atom stereocenters. The molecule has 7 heteroatoms. The fourth-order valence-electron chi connectivity index (χ4n) is 1.98. The number of benzene rings is 1. The van der Waals surface area contributed by atoms with Crippen LogP contribution in [0.3, 0.4) is 0 Å². The second-order valence-electron chi connectivity index (χ2n) is 5.28. The van der Waals surface area contributed by atoms with Gasteiger partial charge in [-0.25, -0.2) is 8.42 Å². The van der Waals surface area contributed by atoms with E-state index in [1.54, 1.807) is 37.3 Å². The molecule has 0 saturated heterocycles. The second kappa shape index (κ2) is 6.36. The zero-order chi connectivity index (χ0) is 15.5. The third kappa shape index (κ3) is 4.12. The Labute approximate surface area is 124 Å². The first-order chi connectivity index (χ1) is 9.88. The molecule has 2 rings (SSSR count). The van der Waals surface area contributed by atoms with E-state index in [1.165, 1.54) is 0 Å². The molecule has 114 valence electrons. The topological polar surface area (TPSA) is 85.1 Å². The van der Waals surface area contributed by atoms with Crippen LogP contribution in [0.15, 0.2) is 39.6 Å². The fourth-order valence-corrected chi connectivity index (χ4v) is 3.20. The molecule has 0 aliphatic rings. The van der Waals surface area contributed by atoms with Gasteiger partial charge in [-0.3, -0.25) is 0 Å². The van der Waals surface area contributed by atoms with Gasteiger partial charge in [0, 0.05) is 6.92 Å². The first kappa shape index (κ1) is 15.7. The molecule has 1 aromatic carbocycles. The van der Waals surface area contributed by atoms with Gasteiger partial charge >= 0.3 is 0 Å². The van der Waals surface area contributed by atoms with Gasteiger partial charge < -0.3 is 4.42 Å². The largest absolute Gasteiger partial charge is 0.424 e. The monoisotopic (exact) mass is 309 g/mol. The highest BCUT2D eigenvalue weighted by atomic mass is 32.2. The summed E-state index contributed by atoms with van der Waals surface area (Å²) < 4.78 is 32.8. The molecule has 0 saturated carbocycles. The minimum atomic E-state index is -3.62. The first-order valence-electron chi connectivity index (χ1n) is 6.76. The number of rotatable bonds is 6. The van der Waals surface area contributed by atoms with Gasteiger partial charge in [-0.15, -0.1) is 10.2 Å². The standard InChI is InChI=1S/C14H19N3O3S/c1-10(2)9-13(14-16-15-11(3)20-14)17-21(18,19)12-7-5-4-6-8-12/h4-8,10,13,17H,9H2,1-3H3. The Bertz CT molecular complexity index is 680. The Morgan fingerprint density at radius 1 is 1.19 bits per heavy atom. The molecule has 2 aromatic rings. The minimum Gasteiger partial charge on any atom is -0.424 e. The lowest BCUT2D eigenvalue weighted by atomic mass is 10.0. The van der Waals surface area contributed by atoms with Gasteiger partial charge in [0.15, 0.2) is 0 Å². The molecule has 0 fully saturated rings. The van der Waals surface area contributed by atoms with Crippen LogP contribution in [0.5, 0.6) is 0 Å². The van der Waals surface area contributed by atoms with E-state index in [0.717, 1.165) is 0 Å². The summed E-state index contributed by atoms with van der Waals surface area (Å²) in [6.07, 6.45) is 0.577. The Kier molecular flexibility index (Phi) is 4.74. The average Bonchev–Trinajstić information content (AvgIpc) is 2.85. The zero-order valence-electron chi connectivity index (χ0n) is 12.3. The summed E-state index contributed by atoms with van der Waals surface area (Å²) in [6, 6.07) is 7.70. The molecule has 0 amide bonds. The summed E-state index contributed by atoms with van der Waals surface area (Å²) in [5, 5.41) is 7.70. The number of nitrogens with zero attached hydrogens (tertiary/aromatic N) is 2. The van der Waals surface area contributed by atoms with E-state index in [9.17, 15) is 8.42 Å². The van der Waals surface area contributed by atoms with Gasteiger partial charge in [-0.1, -0.05) is 32.0 Å². The van der Waals surface area contributed by atoms with Crippen molar-refractivity contribution in [1.82, 2.24) is 14.9 Å². The van der Waals surface area contributed by atoms with Crippen LogP contribution in [0.4, 0.5) is 0 Å². The van der Waals surface area contributed by atoms with Crippen molar-refractivity contribution in [3.63, 3.8) is 0 Å². The van der Waals surface area contributed by atoms with E-state index < -0.39 is 16.1 Å². The van der Waals surface area contributed by atoms with Crippen LogP contribution in [-0.4, -0.2) is 18.6 Å². The lowest BCUT2D eigenvalue weighted by molar-refractivity contribution is 0.372. The summed E-state index contributed by atoms with van der Waals surface area (Å²) >= 11 is 0. The Morgan fingerprint density at radius 3 is 2.38 bits per heavy atom. The van der Waals surface area contributed by atoms with Crippen molar-refractivity contribution in [2.75, 3.05) is 0 Å². The van der Waals surface area contributed by atoms with Crippen molar-refractivity contribution in [2.24, 2.45) is 5.92 Å². The molecule has 0 aliphatic carbocycles. The van der Waals surface area contributed by atoms with E-state index in [1.807, 2.05) is 13.8 Å². The number of hydrogen-bond acceptors (Lipinski definition) is 5. The first-order valence-corrected chi connectivity index (χ1v) is 8.24. The third-order valence-corrected chi connectivity index (χ3v) is 4.39. The zero-order valence-corrected chi connectivity index (χ0v) is 13.1. The van der Waals surface area contributed by atoms with E-state index >= 15 is 0 Å². The fraction of sp³-hybridized carbons (Fsp3) is 0.429. The molecule has 1 aromatic heterocycles. The van der Waals surface area contributed by atoms with Gasteiger partial charge in [0.25, 0.3) is 0 Å². The van der Waals surface area contributed by atoms with Crippen molar-refractivity contribution in [3.8, 4) is 0 Å². The van der Waals surface area contributed by atoms with Gasteiger partial charge in [0.1, 0.15) is 6.04 Å². The summed E-state index contributed by atoms with van der Waals surface area (Å²) in [4.78, 5) is 0.218. The SMILES string of the molecule is Cc1nnc(C(CC(C)C)NS(=O)(=O)c2ccccc2)o1. The third-order valence-electron chi connectivity index (χ3n) is 2.90. The van der Waals surface area contributed by atoms with Crippen LogP contribution in [0.2, 0.25) is 0 Å². The van der Waals surface area contributed by atoms with Crippen LogP contribution in [0, 0.1) is 12.8 Å². The molecule has 0 radical (unpaired) electrons. The smallest absolute Gasteiger partial charge is 0.241 e. The Balaban J connectivity index is 2.27. The van der Waals surface area contributed by atoms with Crippen LogP contribution in [-0.2, 0) is 10.0 Å². The normalized spacial score (nSPS) is 13.5. The Morgan fingerprint density at radius 2 is 1.86 bits per heavy atom. The highest BCUT2D eigenvalue weighted by Crippen LogP contribution is 2.23. The van der Waals surface area contributed by atoms with E-state index in [4.69, 9.17) is 4.42 Å². The van der Waals surface area contributed by atoms with Crippen molar-refractivity contribution in [1.29, 1.82) is 0 Å². The van der Waals surface area contributed by atoms with Gasteiger partial charge in [-0.2, -0.15) is 4.72 Å². The maximum Gasteiger partial charge on any atom is 0.241 e. The van der Waals surface area contributed by atoms with Gasteiger partial charge in [0.05, 0.1) is 4.90 Å². The maximum absolute atomic E-state index is 12.4.